The van der Waals surface area contributed by atoms with Gasteiger partial charge in [0.1, 0.15) is 11.6 Å². The number of benzene rings is 1. The average Bonchev–Trinajstić information content (AvgIpc) is 2.44. The van der Waals surface area contributed by atoms with Gasteiger partial charge in [0.05, 0.1) is 6.42 Å². The van der Waals surface area contributed by atoms with Crippen molar-refractivity contribution in [3.05, 3.63) is 35.4 Å². The standard InChI is InChI=1S/C15H18ClF2NO/c16-8-7-11-4-1-2-9-19(11)15(20)10-12-13(17)5-3-6-14(12)18/h3,5-6,11H,1-2,4,7-10H2. The normalized spacial score (nSPS) is 19.1. The van der Waals surface area contributed by atoms with Crippen molar-refractivity contribution < 1.29 is 13.6 Å². The van der Waals surface area contributed by atoms with Crippen LogP contribution in [0, 0.1) is 11.6 Å². The third kappa shape index (κ3) is 3.48. The summed E-state index contributed by atoms with van der Waals surface area (Å²) in [6.45, 7) is 0.649. The first-order valence-electron chi connectivity index (χ1n) is 6.92. The molecular weight excluding hydrogens is 284 g/mol. The SMILES string of the molecule is O=C(Cc1c(F)cccc1F)N1CCCCC1CCCl. The fourth-order valence-electron chi connectivity index (χ4n) is 2.71. The molecule has 2 nitrogen and oxygen atoms in total. The lowest BCUT2D eigenvalue weighted by Gasteiger charge is -2.35. The lowest BCUT2D eigenvalue weighted by molar-refractivity contribution is -0.134. The van der Waals surface area contributed by atoms with Crippen LogP contribution in [0.3, 0.4) is 0 Å². The van der Waals surface area contributed by atoms with E-state index in [1.165, 1.54) is 18.2 Å². The Labute approximate surface area is 122 Å². The number of likely N-dealkylation sites (tertiary alicyclic amines) is 1. The van der Waals surface area contributed by atoms with E-state index in [9.17, 15) is 13.6 Å². The summed E-state index contributed by atoms with van der Waals surface area (Å²) in [5.41, 5.74) is -0.146. The largest absolute Gasteiger partial charge is 0.339 e. The number of carbonyl (C=O) groups excluding carboxylic acids is 1. The summed E-state index contributed by atoms with van der Waals surface area (Å²) in [7, 11) is 0. The Bertz CT molecular complexity index is 459. The van der Waals surface area contributed by atoms with Crippen molar-refractivity contribution in [3.8, 4) is 0 Å². The zero-order chi connectivity index (χ0) is 14.5. The van der Waals surface area contributed by atoms with E-state index in [1.807, 2.05) is 0 Å². The molecule has 1 amide bonds. The minimum atomic E-state index is -0.663. The summed E-state index contributed by atoms with van der Waals surface area (Å²) in [6.07, 6.45) is 3.42. The monoisotopic (exact) mass is 301 g/mol. The highest BCUT2D eigenvalue weighted by Gasteiger charge is 2.27. The third-order valence-corrected chi connectivity index (χ3v) is 4.00. The fraction of sp³-hybridized carbons (Fsp3) is 0.533. The molecule has 0 N–H and O–H groups in total. The molecule has 0 bridgehead atoms. The lowest BCUT2D eigenvalue weighted by atomic mass is 9.98. The number of amides is 1. The highest BCUT2D eigenvalue weighted by Crippen LogP contribution is 2.22. The number of nitrogens with zero attached hydrogens (tertiary/aromatic N) is 1. The topological polar surface area (TPSA) is 20.3 Å². The van der Waals surface area contributed by atoms with Crippen LogP contribution in [-0.2, 0) is 11.2 Å². The second-order valence-electron chi connectivity index (χ2n) is 5.09. The van der Waals surface area contributed by atoms with Crippen molar-refractivity contribution in [2.45, 2.75) is 38.1 Å². The maximum atomic E-state index is 13.6. The molecule has 1 fully saturated rings. The average molecular weight is 302 g/mol. The summed E-state index contributed by atoms with van der Waals surface area (Å²) in [6, 6.07) is 3.76. The first kappa shape index (κ1) is 15.2. The zero-order valence-electron chi connectivity index (χ0n) is 11.2. The molecule has 1 aromatic carbocycles. The second kappa shape index (κ2) is 7.02. The molecule has 1 unspecified atom stereocenters. The quantitative estimate of drug-likeness (QED) is 0.779. The van der Waals surface area contributed by atoms with Gasteiger partial charge in [0.15, 0.2) is 0 Å². The van der Waals surface area contributed by atoms with Crippen LogP contribution in [-0.4, -0.2) is 29.3 Å². The Balaban J connectivity index is 2.10. The number of alkyl halides is 1. The van der Waals surface area contributed by atoms with Crippen LogP contribution < -0.4 is 0 Å². The molecule has 0 aliphatic carbocycles. The molecule has 0 saturated carbocycles. The number of rotatable bonds is 4. The Hall–Kier alpha value is -1.16. The van der Waals surface area contributed by atoms with Crippen molar-refractivity contribution >= 4 is 17.5 Å². The number of carbonyl (C=O) groups is 1. The van der Waals surface area contributed by atoms with Gasteiger partial charge in [-0.1, -0.05) is 6.07 Å². The first-order chi connectivity index (χ1) is 9.63. The van der Waals surface area contributed by atoms with Gasteiger partial charge in [0.25, 0.3) is 0 Å². The number of halogens is 3. The summed E-state index contributed by atoms with van der Waals surface area (Å²) < 4.78 is 27.2. The zero-order valence-corrected chi connectivity index (χ0v) is 12.0. The molecule has 1 saturated heterocycles. The number of piperidine rings is 1. The summed E-state index contributed by atoms with van der Waals surface area (Å²) in [4.78, 5) is 14.0. The van der Waals surface area contributed by atoms with Gasteiger partial charge in [-0.3, -0.25) is 4.79 Å². The van der Waals surface area contributed by atoms with Gasteiger partial charge in [0, 0.05) is 24.0 Å². The molecule has 1 heterocycles. The maximum absolute atomic E-state index is 13.6. The van der Waals surface area contributed by atoms with Gasteiger partial charge in [-0.05, 0) is 37.8 Å². The van der Waals surface area contributed by atoms with Crippen LogP contribution in [0.15, 0.2) is 18.2 Å². The number of hydrogen-bond acceptors (Lipinski definition) is 1. The van der Waals surface area contributed by atoms with E-state index in [0.29, 0.717) is 12.4 Å². The van der Waals surface area contributed by atoms with Crippen LogP contribution >= 0.6 is 11.6 Å². The van der Waals surface area contributed by atoms with E-state index in [2.05, 4.69) is 0 Å². The van der Waals surface area contributed by atoms with Crippen LogP contribution in [0.2, 0.25) is 0 Å². The molecule has 2 rings (SSSR count). The summed E-state index contributed by atoms with van der Waals surface area (Å²) >= 11 is 5.76. The lowest BCUT2D eigenvalue weighted by Crippen LogP contribution is -2.44. The highest BCUT2D eigenvalue weighted by atomic mass is 35.5. The fourth-order valence-corrected chi connectivity index (χ4v) is 2.96. The molecule has 1 atom stereocenters. The van der Waals surface area contributed by atoms with Crippen LogP contribution in [0.25, 0.3) is 0 Å². The molecule has 5 heteroatoms. The Morgan fingerprint density at radius 2 is 2.00 bits per heavy atom. The molecular formula is C15H18ClF2NO. The van der Waals surface area contributed by atoms with Gasteiger partial charge in [-0.2, -0.15) is 0 Å². The van der Waals surface area contributed by atoms with Crippen molar-refractivity contribution in [2.75, 3.05) is 12.4 Å². The molecule has 110 valence electrons. The smallest absolute Gasteiger partial charge is 0.227 e. The predicted octanol–water partition coefficient (Wildman–Crippen LogP) is 3.52. The van der Waals surface area contributed by atoms with Crippen molar-refractivity contribution in [1.29, 1.82) is 0 Å². The molecule has 0 spiro atoms. The van der Waals surface area contributed by atoms with Gasteiger partial charge >= 0.3 is 0 Å². The van der Waals surface area contributed by atoms with Crippen LogP contribution in [0.5, 0.6) is 0 Å². The molecule has 1 aliphatic rings. The second-order valence-corrected chi connectivity index (χ2v) is 5.47. The van der Waals surface area contributed by atoms with Crippen molar-refractivity contribution in [2.24, 2.45) is 0 Å². The Morgan fingerprint density at radius 1 is 1.30 bits per heavy atom. The van der Waals surface area contributed by atoms with E-state index in [-0.39, 0.29) is 23.9 Å². The third-order valence-electron chi connectivity index (χ3n) is 3.78. The summed E-state index contributed by atoms with van der Waals surface area (Å²) in [5, 5.41) is 0. The minimum absolute atomic E-state index is 0.101. The molecule has 20 heavy (non-hydrogen) atoms. The minimum Gasteiger partial charge on any atom is -0.339 e. The van der Waals surface area contributed by atoms with Crippen molar-refractivity contribution in [3.63, 3.8) is 0 Å². The van der Waals surface area contributed by atoms with Gasteiger partial charge in [0.2, 0.25) is 5.91 Å². The Morgan fingerprint density at radius 3 is 2.65 bits per heavy atom. The predicted molar refractivity (Wildman–Crippen MR) is 74.8 cm³/mol. The molecule has 1 aliphatic heterocycles. The van der Waals surface area contributed by atoms with E-state index in [1.54, 1.807) is 4.90 Å². The Kier molecular flexibility index (Phi) is 5.35. The van der Waals surface area contributed by atoms with E-state index >= 15 is 0 Å². The van der Waals surface area contributed by atoms with Crippen molar-refractivity contribution in [1.82, 2.24) is 4.90 Å². The van der Waals surface area contributed by atoms with E-state index < -0.39 is 11.6 Å². The molecule has 0 aromatic heterocycles. The van der Waals surface area contributed by atoms with E-state index in [0.717, 1.165) is 25.7 Å². The first-order valence-corrected chi connectivity index (χ1v) is 7.45. The highest BCUT2D eigenvalue weighted by molar-refractivity contribution is 6.17. The van der Waals surface area contributed by atoms with Gasteiger partial charge in [-0.15, -0.1) is 11.6 Å². The van der Waals surface area contributed by atoms with Gasteiger partial charge in [-0.25, -0.2) is 8.78 Å². The maximum Gasteiger partial charge on any atom is 0.227 e. The number of hydrogen-bond donors (Lipinski definition) is 0. The molecule has 0 radical (unpaired) electrons. The van der Waals surface area contributed by atoms with Crippen LogP contribution in [0.1, 0.15) is 31.2 Å². The van der Waals surface area contributed by atoms with Crippen LogP contribution in [0.4, 0.5) is 8.78 Å². The van der Waals surface area contributed by atoms with Gasteiger partial charge < -0.3 is 4.90 Å². The molecule has 1 aromatic rings. The van der Waals surface area contributed by atoms with E-state index in [4.69, 9.17) is 11.6 Å². The summed E-state index contributed by atoms with van der Waals surface area (Å²) in [5.74, 6) is -1.06.